The van der Waals surface area contributed by atoms with Crippen molar-refractivity contribution in [2.45, 2.75) is 19.4 Å². The van der Waals surface area contributed by atoms with Crippen LogP contribution in [-0.4, -0.2) is 30.2 Å². The molecule has 1 saturated heterocycles. The van der Waals surface area contributed by atoms with Gasteiger partial charge < -0.3 is 10.6 Å². The zero-order valence-electron chi connectivity index (χ0n) is 6.04. The Morgan fingerprint density at radius 1 is 1.90 bits per heavy atom. The van der Waals surface area contributed by atoms with Crippen LogP contribution >= 0.6 is 0 Å². The Kier molecular flexibility index (Phi) is 2.24. The lowest BCUT2D eigenvalue weighted by atomic mass is 10.3. The first kappa shape index (κ1) is 7.50. The molecule has 1 unspecified atom stereocenters. The number of carbonyl (C=O) groups excluding carboxylic acids is 1. The summed E-state index contributed by atoms with van der Waals surface area (Å²) in [5.41, 5.74) is 5.36. The molecule has 1 fully saturated rings. The fourth-order valence-corrected chi connectivity index (χ4v) is 0.851. The monoisotopic (exact) mass is 144 g/mol. The van der Waals surface area contributed by atoms with Gasteiger partial charge in [-0.25, -0.2) is 0 Å². The largest absolute Gasteiger partial charge is 0.368 e. The zero-order chi connectivity index (χ0) is 7.56. The minimum atomic E-state index is -0.152. The highest BCUT2D eigenvalue weighted by Crippen LogP contribution is 2.09. The van der Waals surface area contributed by atoms with Crippen molar-refractivity contribution < 1.29 is 9.63 Å². The van der Waals surface area contributed by atoms with E-state index in [4.69, 9.17) is 10.6 Å². The standard InChI is InChI=1S/C6H12N2O2/c1-5(4-7)8-3-2-6(9)10-8/h5H,2-4,7H2,1H3. The number of nitrogens with zero attached hydrogens (tertiary/aromatic N) is 1. The van der Waals surface area contributed by atoms with E-state index < -0.39 is 0 Å². The molecular weight excluding hydrogens is 132 g/mol. The number of hydrogen-bond donors (Lipinski definition) is 1. The van der Waals surface area contributed by atoms with Crippen LogP contribution in [0.5, 0.6) is 0 Å². The third-order valence-electron chi connectivity index (χ3n) is 1.59. The molecule has 4 heteroatoms. The van der Waals surface area contributed by atoms with Gasteiger partial charge in [-0.1, -0.05) is 0 Å². The molecule has 2 N–H and O–H groups in total. The molecule has 0 amide bonds. The van der Waals surface area contributed by atoms with Crippen molar-refractivity contribution in [1.82, 2.24) is 5.06 Å². The molecule has 4 nitrogen and oxygen atoms in total. The van der Waals surface area contributed by atoms with Gasteiger partial charge in [0.25, 0.3) is 0 Å². The Bertz CT molecular complexity index is 138. The summed E-state index contributed by atoms with van der Waals surface area (Å²) < 4.78 is 0. The van der Waals surface area contributed by atoms with Crippen LogP contribution in [0.25, 0.3) is 0 Å². The first-order chi connectivity index (χ1) is 4.74. The highest BCUT2D eigenvalue weighted by atomic mass is 16.7. The van der Waals surface area contributed by atoms with Gasteiger partial charge in [0.2, 0.25) is 0 Å². The van der Waals surface area contributed by atoms with Gasteiger partial charge in [0.05, 0.1) is 12.5 Å². The smallest absolute Gasteiger partial charge is 0.326 e. The summed E-state index contributed by atoms with van der Waals surface area (Å²) in [7, 11) is 0. The van der Waals surface area contributed by atoms with Crippen molar-refractivity contribution in [1.29, 1.82) is 0 Å². The van der Waals surface area contributed by atoms with Crippen LogP contribution in [0.2, 0.25) is 0 Å². The van der Waals surface area contributed by atoms with Crippen molar-refractivity contribution in [3.8, 4) is 0 Å². The van der Waals surface area contributed by atoms with Crippen molar-refractivity contribution in [2.75, 3.05) is 13.1 Å². The van der Waals surface area contributed by atoms with Crippen LogP contribution in [0.3, 0.4) is 0 Å². The number of hydroxylamine groups is 2. The summed E-state index contributed by atoms with van der Waals surface area (Å²) >= 11 is 0. The third-order valence-corrected chi connectivity index (χ3v) is 1.59. The van der Waals surface area contributed by atoms with Crippen molar-refractivity contribution in [3.05, 3.63) is 0 Å². The molecule has 0 aliphatic carbocycles. The van der Waals surface area contributed by atoms with Gasteiger partial charge in [-0.05, 0) is 6.92 Å². The first-order valence-corrected chi connectivity index (χ1v) is 3.41. The predicted molar refractivity (Wildman–Crippen MR) is 35.9 cm³/mol. The Labute approximate surface area is 59.9 Å². The average molecular weight is 144 g/mol. The molecule has 1 aliphatic heterocycles. The lowest BCUT2D eigenvalue weighted by molar-refractivity contribution is -0.176. The topological polar surface area (TPSA) is 55.6 Å². The summed E-state index contributed by atoms with van der Waals surface area (Å²) in [5, 5.41) is 1.63. The Balaban J connectivity index is 2.36. The highest BCUT2D eigenvalue weighted by molar-refractivity contribution is 5.70. The van der Waals surface area contributed by atoms with Gasteiger partial charge in [-0.2, -0.15) is 0 Å². The molecule has 0 spiro atoms. The second-order valence-electron chi connectivity index (χ2n) is 2.44. The van der Waals surface area contributed by atoms with Gasteiger partial charge in [0.15, 0.2) is 0 Å². The first-order valence-electron chi connectivity index (χ1n) is 3.41. The van der Waals surface area contributed by atoms with Crippen molar-refractivity contribution in [2.24, 2.45) is 5.73 Å². The number of nitrogens with two attached hydrogens (primary N) is 1. The van der Waals surface area contributed by atoms with Gasteiger partial charge in [-0.15, -0.1) is 5.06 Å². The molecule has 1 atom stereocenters. The lowest BCUT2D eigenvalue weighted by Gasteiger charge is -2.18. The van der Waals surface area contributed by atoms with E-state index in [1.807, 2.05) is 6.92 Å². The molecule has 10 heavy (non-hydrogen) atoms. The second-order valence-corrected chi connectivity index (χ2v) is 2.44. The molecule has 1 aliphatic rings. The fraction of sp³-hybridized carbons (Fsp3) is 0.833. The van der Waals surface area contributed by atoms with Gasteiger partial charge in [-0.3, -0.25) is 4.79 Å². The SMILES string of the molecule is CC(CN)N1CCC(=O)O1. The molecule has 0 radical (unpaired) electrons. The summed E-state index contributed by atoms with van der Waals surface area (Å²) in [6, 6.07) is 0.145. The quantitative estimate of drug-likeness (QED) is 0.567. The minimum Gasteiger partial charge on any atom is -0.368 e. The van der Waals surface area contributed by atoms with E-state index in [1.54, 1.807) is 5.06 Å². The summed E-state index contributed by atoms with van der Waals surface area (Å²) in [4.78, 5) is 15.4. The molecule has 0 saturated carbocycles. The predicted octanol–water partition coefficient (Wildman–Crippen LogP) is -0.502. The third kappa shape index (κ3) is 1.46. The van der Waals surface area contributed by atoms with Crippen LogP contribution in [-0.2, 0) is 9.63 Å². The molecule has 0 aromatic rings. The van der Waals surface area contributed by atoms with Gasteiger partial charge in [0, 0.05) is 13.1 Å². The molecular formula is C6H12N2O2. The summed E-state index contributed by atoms with van der Waals surface area (Å²) in [6.45, 7) is 3.13. The molecule has 1 rings (SSSR count). The fourth-order valence-electron chi connectivity index (χ4n) is 0.851. The van der Waals surface area contributed by atoms with Gasteiger partial charge in [0.1, 0.15) is 0 Å². The Morgan fingerprint density at radius 3 is 3.00 bits per heavy atom. The highest BCUT2D eigenvalue weighted by Gasteiger charge is 2.24. The van der Waals surface area contributed by atoms with Crippen molar-refractivity contribution >= 4 is 5.97 Å². The van der Waals surface area contributed by atoms with E-state index in [0.29, 0.717) is 19.5 Å². The van der Waals surface area contributed by atoms with E-state index in [1.165, 1.54) is 0 Å². The number of hydrogen-bond acceptors (Lipinski definition) is 4. The number of carbonyl (C=O) groups is 1. The number of rotatable bonds is 2. The van der Waals surface area contributed by atoms with Crippen molar-refractivity contribution in [3.63, 3.8) is 0 Å². The normalized spacial score (nSPS) is 22.8. The maximum Gasteiger partial charge on any atom is 0.326 e. The minimum absolute atomic E-state index is 0.145. The van der Waals surface area contributed by atoms with Crippen LogP contribution < -0.4 is 5.73 Å². The van der Waals surface area contributed by atoms with E-state index in [9.17, 15) is 4.79 Å². The molecule has 58 valence electrons. The Morgan fingerprint density at radius 2 is 2.60 bits per heavy atom. The zero-order valence-corrected chi connectivity index (χ0v) is 6.04. The van der Waals surface area contributed by atoms with Crippen LogP contribution in [0.4, 0.5) is 0 Å². The van der Waals surface area contributed by atoms with E-state index in [-0.39, 0.29) is 12.0 Å². The van der Waals surface area contributed by atoms with Crippen LogP contribution in [0.15, 0.2) is 0 Å². The van der Waals surface area contributed by atoms with E-state index >= 15 is 0 Å². The maximum atomic E-state index is 10.6. The average Bonchev–Trinajstić information content (AvgIpc) is 2.34. The maximum absolute atomic E-state index is 10.6. The Hall–Kier alpha value is -0.610. The molecule has 1 heterocycles. The van der Waals surface area contributed by atoms with E-state index in [0.717, 1.165) is 0 Å². The van der Waals surface area contributed by atoms with Crippen LogP contribution in [0, 0.1) is 0 Å². The second kappa shape index (κ2) is 2.98. The van der Waals surface area contributed by atoms with Crippen LogP contribution in [0.1, 0.15) is 13.3 Å². The lowest BCUT2D eigenvalue weighted by Crippen LogP contribution is -2.35. The molecule has 0 aromatic heterocycles. The van der Waals surface area contributed by atoms with E-state index in [2.05, 4.69) is 0 Å². The molecule has 0 aromatic carbocycles. The molecule has 0 bridgehead atoms. The summed E-state index contributed by atoms with van der Waals surface area (Å²) in [6.07, 6.45) is 0.490. The summed E-state index contributed by atoms with van der Waals surface area (Å²) in [5.74, 6) is -0.152. The van der Waals surface area contributed by atoms with Gasteiger partial charge >= 0.3 is 5.97 Å².